The first-order valence-electron chi connectivity index (χ1n) is 6.72. The molecule has 19 heavy (non-hydrogen) atoms. The van der Waals surface area contributed by atoms with E-state index >= 15 is 0 Å². The first kappa shape index (κ1) is 16.4. The monoisotopic (exact) mass is 292 g/mol. The number of carbonyl (C=O) groups is 1. The molecular weight excluding hydrogens is 268 g/mol. The second-order valence-electron chi connectivity index (χ2n) is 4.91. The molecule has 6 nitrogen and oxygen atoms in total. The normalized spacial score (nSPS) is 24.4. The molecule has 1 aliphatic carbocycles. The third-order valence-electron chi connectivity index (χ3n) is 3.61. The Kier molecular flexibility index (Phi) is 6.22. The smallest absolute Gasteiger partial charge is 0.306 e. The Bertz CT molecular complexity index is 389. The van der Waals surface area contributed by atoms with E-state index in [2.05, 4.69) is 4.74 Å². The molecule has 7 heteroatoms. The first-order chi connectivity index (χ1) is 8.90. The van der Waals surface area contributed by atoms with Gasteiger partial charge in [0.2, 0.25) is 10.0 Å². The van der Waals surface area contributed by atoms with Gasteiger partial charge in [-0.3, -0.25) is 4.79 Å². The van der Waals surface area contributed by atoms with Crippen LogP contribution in [-0.4, -0.2) is 50.2 Å². The summed E-state index contributed by atoms with van der Waals surface area (Å²) < 4.78 is 30.5. The van der Waals surface area contributed by atoms with Crippen LogP contribution in [0.15, 0.2) is 0 Å². The molecule has 0 aromatic rings. The van der Waals surface area contributed by atoms with Crippen molar-refractivity contribution >= 4 is 16.0 Å². The molecule has 0 aliphatic heterocycles. The molecule has 0 heterocycles. The number of carbonyl (C=O) groups excluding carboxylic acids is 1. The largest absolute Gasteiger partial charge is 0.469 e. The van der Waals surface area contributed by atoms with Crippen molar-refractivity contribution < 1.29 is 17.9 Å². The molecule has 0 aromatic carbocycles. The fourth-order valence-corrected chi connectivity index (χ4v) is 4.22. The number of hydrogen-bond acceptors (Lipinski definition) is 5. The van der Waals surface area contributed by atoms with E-state index in [0.29, 0.717) is 6.54 Å². The number of ether oxygens (including phenoxy) is 1. The van der Waals surface area contributed by atoms with Gasteiger partial charge in [0.25, 0.3) is 0 Å². The summed E-state index contributed by atoms with van der Waals surface area (Å²) in [5.41, 5.74) is 5.83. The van der Waals surface area contributed by atoms with Crippen molar-refractivity contribution in [3.63, 3.8) is 0 Å². The molecule has 1 saturated carbocycles. The highest BCUT2D eigenvalue weighted by molar-refractivity contribution is 7.89. The molecule has 0 atom stereocenters. The van der Waals surface area contributed by atoms with Crippen molar-refractivity contribution in [3.8, 4) is 0 Å². The molecule has 0 saturated heterocycles. The fourth-order valence-electron chi connectivity index (χ4n) is 2.50. The van der Waals surface area contributed by atoms with E-state index in [1.165, 1.54) is 11.4 Å². The summed E-state index contributed by atoms with van der Waals surface area (Å²) in [7, 11) is -2.14. The van der Waals surface area contributed by atoms with Gasteiger partial charge in [-0.1, -0.05) is 6.92 Å². The Labute approximate surface area is 115 Å². The lowest BCUT2D eigenvalue weighted by atomic mass is 9.92. The number of methoxy groups -OCH3 is 1. The van der Waals surface area contributed by atoms with Crippen LogP contribution in [0.4, 0.5) is 0 Å². The summed E-state index contributed by atoms with van der Waals surface area (Å²) in [6.45, 7) is 2.26. The van der Waals surface area contributed by atoms with Crippen LogP contribution in [-0.2, 0) is 19.6 Å². The van der Waals surface area contributed by atoms with Crippen LogP contribution in [0.3, 0.4) is 0 Å². The third kappa shape index (κ3) is 4.74. The summed E-state index contributed by atoms with van der Waals surface area (Å²) in [6.07, 6.45) is 3.21. The number of nitrogens with two attached hydrogens (primary N) is 1. The van der Waals surface area contributed by atoms with Crippen LogP contribution in [0.5, 0.6) is 0 Å². The van der Waals surface area contributed by atoms with Gasteiger partial charge in [0.15, 0.2) is 0 Å². The van der Waals surface area contributed by atoms with E-state index < -0.39 is 16.0 Å². The first-order valence-corrected chi connectivity index (χ1v) is 8.33. The van der Waals surface area contributed by atoms with E-state index in [9.17, 15) is 13.2 Å². The van der Waals surface area contributed by atoms with E-state index in [4.69, 9.17) is 5.73 Å². The third-order valence-corrected chi connectivity index (χ3v) is 5.60. The van der Waals surface area contributed by atoms with Gasteiger partial charge in [-0.2, -0.15) is 4.31 Å². The van der Waals surface area contributed by atoms with Crippen LogP contribution in [0.1, 0.15) is 39.0 Å². The minimum atomic E-state index is -3.40. The minimum absolute atomic E-state index is 0.0208. The molecule has 0 spiro atoms. The van der Waals surface area contributed by atoms with Crippen LogP contribution >= 0.6 is 0 Å². The van der Waals surface area contributed by atoms with Gasteiger partial charge in [0.1, 0.15) is 0 Å². The van der Waals surface area contributed by atoms with E-state index in [-0.39, 0.29) is 24.3 Å². The Hall–Kier alpha value is -0.660. The van der Waals surface area contributed by atoms with Gasteiger partial charge in [-0.25, -0.2) is 8.42 Å². The molecule has 0 bridgehead atoms. The number of nitrogens with zero attached hydrogens (tertiary/aromatic N) is 1. The topological polar surface area (TPSA) is 89.7 Å². The van der Waals surface area contributed by atoms with Gasteiger partial charge in [-0.05, 0) is 25.7 Å². The average Bonchev–Trinajstić information content (AvgIpc) is 2.39. The second kappa shape index (κ2) is 7.21. The average molecular weight is 292 g/mol. The lowest BCUT2D eigenvalue weighted by molar-refractivity contribution is -0.140. The maximum absolute atomic E-state index is 12.2. The Morgan fingerprint density at radius 3 is 2.37 bits per heavy atom. The summed E-state index contributed by atoms with van der Waals surface area (Å²) in [4.78, 5) is 11.1. The van der Waals surface area contributed by atoms with E-state index in [1.54, 1.807) is 0 Å². The van der Waals surface area contributed by atoms with E-state index in [0.717, 1.165) is 25.7 Å². The number of sulfonamides is 1. The zero-order valence-corrected chi connectivity index (χ0v) is 12.5. The molecule has 0 unspecified atom stereocenters. The van der Waals surface area contributed by atoms with E-state index in [1.807, 2.05) is 6.92 Å². The van der Waals surface area contributed by atoms with Gasteiger partial charge >= 0.3 is 5.97 Å². The molecule has 1 fully saturated rings. The van der Waals surface area contributed by atoms with Crippen molar-refractivity contribution in [2.75, 3.05) is 19.4 Å². The molecule has 0 amide bonds. The van der Waals surface area contributed by atoms with Gasteiger partial charge in [0.05, 0.1) is 19.3 Å². The molecule has 2 N–H and O–H groups in total. The molecular formula is C12H24N2O4S. The fraction of sp³-hybridized carbons (Fsp3) is 0.917. The van der Waals surface area contributed by atoms with Crippen molar-refractivity contribution in [2.24, 2.45) is 5.73 Å². The molecule has 1 aliphatic rings. The lowest BCUT2D eigenvalue weighted by Crippen LogP contribution is -2.45. The molecule has 1 rings (SSSR count). The summed E-state index contributed by atoms with van der Waals surface area (Å²) in [6, 6.07) is 0.208. The van der Waals surface area contributed by atoms with Crippen LogP contribution < -0.4 is 5.73 Å². The Balaban J connectivity index is 2.64. The second-order valence-corrected chi connectivity index (χ2v) is 6.96. The van der Waals surface area contributed by atoms with Crippen LogP contribution in [0.2, 0.25) is 0 Å². The zero-order chi connectivity index (χ0) is 14.5. The standard InChI is InChI=1S/C12H24N2O4S/c1-3-14(11-6-4-10(13)5-7-11)19(16,17)9-8-12(15)18-2/h10-11H,3-9,13H2,1-2H3. The zero-order valence-electron chi connectivity index (χ0n) is 11.7. The Morgan fingerprint density at radius 1 is 1.32 bits per heavy atom. The van der Waals surface area contributed by atoms with Crippen molar-refractivity contribution in [1.82, 2.24) is 4.31 Å². The van der Waals surface area contributed by atoms with Crippen molar-refractivity contribution in [2.45, 2.75) is 51.1 Å². The molecule has 112 valence electrons. The maximum atomic E-state index is 12.2. The van der Waals surface area contributed by atoms with Crippen LogP contribution in [0.25, 0.3) is 0 Å². The Morgan fingerprint density at radius 2 is 1.89 bits per heavy atom. The highest BCUT2D eigenvalue weighted by Gasteiger charge is 2.31. The number of hydrogen-bond donors (Lipinski definition) is 1. The maximum Gasteiger partial charge on any atom is 0.306 e. The minimum Gasteiger partial charge on any atom is -0.469 e. The van der Waals surface area contributed by atoms with Crippen molar-refractivity contribution in [3.05, 3.63) is 0 Å². The summed E-state index contributed by atoms with van der Waals surface area (Å²) in [5.74, 6) is -0.680. The number of esters is 1. The SMILES string of the molecule is CCN(C1CCC(N)CC1)S(=O)(=O)CCC(=O)OC. The highest BCUT2D eigenvalue weighted by Crippen LogP contribution is 2.24. The predicted octanol–water partition coefficient (Wildman–Crippen LogP) is 0.471. The van der Waals surface area contributed by atoms with Crippen molar-refractivity contribution in [1.29, 1.82) is 0 Å². The summed E-state index contributed by atoms with van der Waals surface area (Å²) >= 11 is 0. The van der Waals surface area contributed by atoms with Gasteiger partial charge < -0.3 is 10.5 Å². The van der Waals surface area contributed by atoms with Gasteiger partial charge in [-0.15, -0.1) is 0 Å². The lowest BCUT2D eigenvalue weighted by Gasteiger charge is -2.34. The predicted molar refractivity (Wildman–Crippen MR) is 73.0 cm³/mol. The number of rotatable bonds is 6. The quantitative estimate of drug-likeness (QED) is 0.719. The summed E-state index contributed by atoms with van der Waals surface area (Å²) in [5, 5.41) is 0. The van der Waals surface area contributed by atoms with Crippen LogP contribution in [0, 0.1) is 0 Å². The molecule has 0 aromatic heterocycles. The highest BCUT2D eigenvalue weighted by atomic mass is 32.2. The van der Waals surface area contributed by atoms with Gasteiger partial charge in [0, 0.05) is 18.6 Å². The molecule has 0 radical (unpaired) electrons.